The van der Waals surface area contributed by atoms with Gasteiger partial charge in [0.25, 0.3) is 11.8 Å². The van der Waals surface area contributed by atoms with Crippen LogP contribution in [0.25, 0.3) is 11.1 Å². The molecular weight excluding hydrogens is 696 g/mol. The molecule has 10 heteroatoms. The number of carbonyl (C=O) groups is 2. The maximum atomic E-state index is 12.2. The number of anilines is 4. The Morgan fingerprint density at radius 1 is 0.796 bits per heavy atom. The van der Waals surface area contributed by atoms with Crippen molar-refractivity contribution in [2.24, 2.45) is 5.92 Å². The van der Waals surface area contributed by atoms with Gasteiger partial charge in [-0.2, -0.15) is 0 Å². The first-order chi connectivity index (χ1) is 26.4. The highest BCUT2D eigenvalue weighted by Crippen LogP contribution is 2.34. The van der Waals surface area contributed by atoms with Crippen molar-refractivity contribution in [1.82, 2.24) is 10.2 Å². The number of likely N-dealkylation sites (tertiary alicyclic amines) is 1. The number of piperidine rings is 2. The van der Waals surface area contributed by atoms with Crippen molar-refractivity contribution in [2.45, 2.75) is 51.6 Å². The standard InChI is InChI=1S/C22H24ClN3O2.C22H25N3O/c1-14(15-3-2-10-24-12-15)28-18-7-5-17(6-8-18)25-13-20-19-11-16(23)4-9-21(19)26-22(20)27;26-22-20(19-6-2-3-7-21(19)24-22)16-23-18-10-8-17(9-11-18)12-15-25-13-4-1-5-14-25/h4-9,11,13-15,24-25H,2-3,10,12H2,1H3,(H,26,27);2-3,6-11,16,23H,1,4-5,12-15H2,(H,24,26). The number of benzene rings is 4. The summed E-state index contributed by atoms with van der Waals surface area (Å²) in [7, 11) is 0. The lowest BCUT2D eigenvalue weighted by atomic mass is 9.95. The van der Waals surface area contributed by atoms with Crippen LogP contribution >= 0.6 is 11.6 Å². The summed E-state index contributed by atoms with van der Waals surface area (Å²) in [4.78, 5) is 26.9. The van der Waals surface area contributed by atoms with Crippen LogP contribution in [0.2, 0.25) is 5.02 Å². The molecular formula is C44H49ClN6O3. The molecule has 0 aromatic heterocycles. The summed E-state index contributed by atoms with van der Waals surface area (Å²) in [6.07, 6.45) is 11.3. The summed E-state index contributed by atoms with van der Waals surface area (Å²) >= 11 is 6.06. The number of nitrogens with one attached hydrogen (secondary N) is 5. The van der Waals surface area contributed by atoms with E-state index in [-0.39, 0.29) is 17.9 Å². The Balaban J connectivity index is 0.000000167. The van der Waals surface area contributed by atoms with Crippen molar-refractivity contribution < 1.29 is 14.3 Å². The van der Waals surface area contributed by atoms with Crippen molar-refractivity contribution >= 4 is 57.3 Å². The normalized spacial score (nSPS) is 19.9. The number of fused-ring (bicyclic) bond motifs is 2. The largest absolute Gasteiger partial charge is 0.490 e. The van der Waals surface area contributed by atoms with Gasteiger partial charge in [0.1, 0.15) is 5.75 Å². The van der Waals surface area contributed by atoms with Crippen molar-refractivity contribution in [3.8, 4) is 5.75 Å². The van der Waals surface area contributed by atoms with E-state index in [9.17, 15) is 9.59 Å². The van der Waals surface area contributed by atoms with E-state index in [1.54, 1.807) is 24.5 Å². The highest BCUT2D eigenvalue weighted by molar-refractivity contribution is 6.34. The van der Waals surface area contributed by atoms with Gasteiger partial charge in [0.15, 0.2) is 0 Å². The smallest absolute Gasteiger partial charge is 0.257 e. The number of hydrogen-bond acceptors (Lipinski definition) is 7. The third-order valence-electron chi connectivity index (χ3n) is 10.5. The van der Waals surface area contributed by atoms with Crippen LogP contribution in [-0.4, -0.2) is 55.5 Å². The van der Waals surface area contributed by atoms with E-state index in [0.29, 0.717) is 22.1 Å². The molecule has 5 N–H and O–H groups in total. The SMILES string of the molecule is CC(Oc1ccc(NC=C2C(=O)Nc3ccc(Cl)cc32)cc1)C1CCCNC1.O=C1Nc2ccccc2C1=CNc1ccc(CCN2CCCCC2)cc1. The molecule has 4 aliphatic heterocycles. The Morgan fingerprint density at radius 2 is 1.44 bits per heavy atom. The number of hydrogen-bond donors (Lipinski definition) is 5. The zero-order chi connectivity index (χ0) is 37.3. The van der Waals surface area contributed by atoms with Gasteiger partial charge < -0.3 is 36.2 Å². The van der Waals surface area contributed by atoms with Gasteiger partial charge in [-0.25, -0.2) is 0 Å². The van der Waals surface area contributed by atoms with E-state index in [0.717, 1.165) is 65.7 Å². The molecule has 2 atom stereocenters. The van der Waals surface area contributed by atoms with Crippen LogP contribution < -0.4 is 31.3 Å². The zero-order valence-corrected chi connectivity index (χ0v) is 31.6. The van der Waals surface area contributed by atoms with Gasteiger partial charge in [0.2, 0.25) is 0 Å². The first-order valence-corrected chi connectivity index (χ1v) is 19.5. The first-order valence-electron chi connectivity index (χ1n) is 19.1. The van der Waals surface area contributed by atoms with Crippen LogP contribution in [-0.2, 0) is 16.0 Å². The minimum absolute atomic E-state index is 0.0585. The Hall–Kier alpha value is -5.09. The molecule has 54 heavy (non-hydrogen) atoms. The number of para-hydroxylation sites is 1. The van der Waals surface area contributed by atoms with Gasteiger partial charge in [0, 0.05) is 70.3 Å². The molecule has 0 aliphatic carbocycles. The fourth-order valence-electron chi connectivity index (χ4n) is 7.35. The molecule has 2 unspecified atom stereocenters. The topological polar surface area (TPSA) is 107 Å². The second-order valence-corrected chi connectivity index (χ2v) is 14.8. The fraction of sp³-hybridized carbons (Fsp3) is 0.318. The Labute approximate surface area is 323 Å². The highest BCUT2D eigenvalue weighted by Gasteiger charge is 2.25. The summed E-state index contributed by atoms with van der Waals surface area (Å²) in [6.45, 7) is 7.90. The molecule has 4 heterocycles. The van der Waals surface area contributed by atoms with Crippen LogP contribution in [0.5, 0.6) is 5.75 Å². The number of nitrogens with zero attached hydrogens (tertiary/aromatic N) is 1. The Kier molecular flexibility index (Phi) is 12.3. The lowest BCUT2D eigenvalue weighted by Gasteiger charge is -2.28. The third-order valence-corrected chi connectivity index (χ3v) is 10.8. The van der Waals surface area contributed by atoms with E-state index >= 15 is 0 Å². The number of carbonyl (C=O) groups excluding carboxylic acids is 2. The van der Waals surface area contributed by atoms with E-state index in [2.05, 4.69) is 62.7 Å². The monoisotopic (exact) mass is 744 g/mol. The molecule has 0 spiro atoms. The third kappa shape index (κ3) is 9.52. The van der Waals surface area contributed by atoms with Gasteiger partial charge in [-0.1, -0.05) is 48.4 Å². The second-order valence-electron chi connectivity index (χ2n) is 14.4. The Bertz CT molecular complexity index is 1980. The molecule has 0 bridgehead atoms. The molecule has 0 saturated carbocycles. The van der Waals surface area contributed by atoms with Gasteiger partial charge in [0.05, 0.1) is 17.3 Å². The molecule has 2 amide bonds. The lowest BCUT2D eigenvalue weighted by molar-refractivity contribution is -0.111. The van der Waals surface area contributed by atoms with Gasteiger partial charge >= 0.3 is 0 Å². The number of rotatable bonds is 10. The summed E-state index contributed by atoms with van der Waals surface area (Å²) < 4.78 is 6.10. The predicted octanol–water partition coefficient (Wildman–Crippen LogP) is 8.63. The minimum atomic E-state index is -0.139. The van der Waals surface area contributed by atoms with E-state index < -0.39 is 0 Å². The second kappa shape index (κ2) is 17.8. The highest BCUT2D eigenvalue weighted by atomic mass is 35.5. The molecule has 9 nitrogen and oxygen atoms in total. The van der Waals surface area contributed by atoms with Gasteiger partial charge in [-0.15, -0.1) is 0 Å². The van der Waals surface area contributed by atoms with Crippen LogP contribution in [0.4, 0.5) is 22.7 Å². The predicted molar refractivity (Wildman–Crippen MR) is 221 cm³/mol. The summed E-state index contributed by atoms with van der Waals surface area (Å²) in [5.74, 6) is 1.20. The zero-order valence-electron chi connectivity index (χ0n) is 30.8. The van der Waals surface area contributed by atoms with Crippen LogP contribution in [0.1, 0.15) is 55.7 Å². The average Bonchev–Trinajstić information content (AvgIpc) is 3.70. The molecule has 4 aromatic carbocycles. The number of ether oxygens (including phenoxy) is 1. The molecule has 8 rings (SSSR count). The summed E-state index contributed by atoms with van der Waals surface area (Å²) in [5.41, 5.74) is 7.88. The van der Waals surface area contributed by atoms with Crippen LogP contribution in [0.15, 0.2) is 103 Å². The molecule has 2 saturated heterocycles. The molecule has 0 radical (unpaired) electrons. The van der Waals surface area contributed by atoms with Crippen molar-refractivity contribution in [2.75, 3.05) is 54.0 Å². The number of halogens is 1. The van der Waals surface area contributed by atoms with E-state index in [1.807, 2.05) is 54.6 Å². The van der Waals surface area contributed by atoms with Gasteiger partial charge in [-0.05, 0) is 125 Å². The van der Waals surface area contributed by atoms with Crippen molar-refractivity contribution in [3.63, 3.8) is 0 Å². The Morgan fingerprint density at radius 3 is 2.13 bits per heavy atom. The van der Waals surface area contributed by atoms with E-state index in [4.69, 9.17) is 16.3 Å². The number of amides is 2. The lowest BCUT2D eigenvalue weighted by Crippen LogP contribution is -2.37. The maximum absolute atomic E-state index is 12.2. The first kappa shape index (κ1) is 37.2. The van der Waals surface area contributed by atoms with E-state index in [1.165, 1.54) is 50.8 Å². The minimum Gasteiger partial charge on any atom is -0.490 e. The summed E-state index contributed by atoms with van der Waals surface area (Å²) in [6, 6.07) is 29.4. The molecule has 4 aromatic rings. The molecule has 2 fully saturated rings. The summed E-state index contributed by atoms with van der Waals surface area (Å²) in [5, 5.41) is 16.2. The molecule has 4 aliphatic rings. The van der Waals surface area contributed by atoms with Crippen molar-refractivity contribution in [3.05, 3.63) is 125 Å². The average molecular weight is 745 g/mol. The van der Waals surface area contributed by atoms with Gasteiger partial charge in [-0.3, -0.25) is 9.59 Å². The maximum Gasteiger partial charge on any atom is 0.257 e. The van der Waals surface area contributed by atoms with Crippen LogP contribution in [0.3, 0.4) is 0 Å². The van der Waals surface area contributed by atoms with Crippen molar-refractivity contribution in [1.29, 1.82) is 0 Å². The molecule has 280 valence electrons. The van der Waals surface area contributed by atoms with Crippen LogP contribution in [0, 0.1) is 5.92 Å². The fourth-order valence-corrected chi connectivity index (χ4v) is 7.53. The quantitative estimate of drug-likeness (QED) is 0.104.